The van der Waals surface area contributed by atoms with E-state index in [9.17, 15) is 4.79 Å². The Labute approximate surface area is 156 Å². The van der Waals surface area contributed by atoms with Crippen molar-refractivity contribution in [3.8, 4) is 5.75 Å². The summed E-state index contributed by atoms with van der Waals surface area (Å²) in [7, 11) is 1.52. The van der Waals surface area contributed by atoms with Crippen LogP contribution in [0.1, 0.15) is 16.1 Å². The quantitative estimate of drug-likeness (QED) is 0.696. The van der Waals surface area contributed by atoms with Crippen molar-refractivity contribution in [3.05, 3.63) is 71.0 Å². The lowest BCUT2D eigenvalue weighted by atomic mass is 10.2. The van der Waals surface area contributed by atoms with Gasteiger partial charge in [0, 0.05) is 23.0 Å². The smallest absolute Gasteiger partial charge is 0.274 e. The fourth-order valence-corrected chi connectivity index (χ4v) is 2.47. The predicted octanol–water partition coefficient (Wildman–Crippen LogP) is 4.44. The number of aromatic nitrogens is 2. The molecule has 0 bridgehead atoms. The molecule has 6 nitrogen and oxygen atoms in total. The van der Waals surface area contributed by atoms with E-state index >= 15 is 0 Å². The maximum Gasteiger partial charge on any atom is 0.274 e. The van der Waals surface area contributed by atoms with Gasteiger partial charge in [-0.15, -0.1) is 0 Å². The van der Waals surface area contributed by atoms with Crippen LogP contribution in [0.5, 0.6) is 5.75 Å². The van der Waals surface area contributed by atoms with Crippen molar-refractivity contribution in [3.63, 3.8) is 0 Å². The summed E-state index contributed by atoms with van der Waals surface area (Å²) in [6, 6.07) is 14.4. The molecular weight excluding hydrogens is 352 g/mol. The zero-order chi connectivity index (χ0) is 18.5. The van der Waals surface area contributed by atoms with Crippen LogP contribution in [-0.4, -0.2) is 23.0 Å². The van der Waals surface area contributed by atoms with Crippen LogP contribution in [0.25, 0.3) is 0 Å². The number of carbonyl (C=O) groups excluding carboxylic acids is 1. The minimum absolute atomic E-state index is 0.230. The lowest BCUT2D eigenvalue weighted by Crippen LogP contribution is -2.15. The minimum atomic E-state index is -0.372. The van der Waals surface area contributed by atoms with Gasteiger partial charge in [-0.1, -0.05) is 29.8 Å². The second-order valence-corrected chi connectivity index (χ2v) is 5.92. The molecule has 0 spiro atoms. The summed E-state index contributed by atoms with van der Waals surface area (Å²) >= 11 is 6.09. The van der Waals surface area contributed by atoms with E-state index in [0.717, 1.165) is 11.3 Å². The van der Waals surface area contributed by atoms with Crippen LogP contribution >= 0.6 is 11.6 Å². The molecule has 0 aliphatic heterocycles. The van der Waals surface area contributed by atoms with Gasteiger partial charge in [0.05, 0.1) is 12.8 Å². The highest BCUT2D eigenvalue weighted by Crippen LogP contribution is 2.31. The first-order chi connectivity index (χ1) is 12.6. The largest absolute Gasteiger partial charge is 0.495 e. The Morgan fingerprint density at radius 3 is 2.65 bits per heavy atom. The molecule has 0 aliphatic rings. The second-order valence-electron chi connectivity index (χ2n) is 5.51. The molecule has 1 amide bonds. The zero-order valence-electron chi connectivity index (χ0n) is 14.3. The Morgan fingerprint density at radius 2 is 1.92 bits per heavy atom. The molecule has 0 atom stereocenters. The van der Waals surface area contributed by atoms with Gasteiger partial charge in [-0.2, -0.15) is 0 Å². The van der Waals surface area contributed by atoms with Crippen molar-refractivity contribution >= 4 is 34.8 Å². The van der Waals surface area contributed by atoms with Gasteiger partial charge in [-0.05, 0) is 36.8 Å². The fourth-order valence-electron chi connectivity index (χ4n) is 2.31. The number of para-hydroxylation sites is 1. The lowest BCUT2D eigenvalue weighted by molar-refractivity contribution is 0.102. The Hall–Kier alpha value is -3.12. The first-order valence-electron chi connectivity index (χ1n) is 7.87. The van der Waals surface area contributed by atoms with E-state index in [2.05, 4.69) is 20.6 Å². The molecule has 0 unspecified atom stereocenters. The van der Waals surface area contributed by atoms with E-state index in [-0.39, 0.29) is 11.6 Å². The van der Waals surface area contributed by atoms with Gasteiger partial charge in [-0.3, -0.25) is 4.79 Å². The van der Waals surface area contributed by atoms with Gasteiger partial charge in [0.25, 0.3) is 5.91 Å². The summed E-state index contributed by atoms with van der Waals surface area (Å²) in [6.45, 7) is 1.85. The average Bonchev–Trinajstić information content (AvgIpc) is 2.65. The summed E-state index contributed by atoms with van der Waals surface area (Å²) in [5.74, 6) is 0.442. The van der Waals surface area contributed by atoms with E-state index in [1.165, 1.54) is 13.3 Å². The summed E-state index contributed by atoms with van der Waals surface area (Å²) < 4.78 is 5.28. The molecule has 3 rings (SSSR count). The SMILES string of the molecule is COc1cc(Cl)c(C)cc1NC(=O)c1ccnc(Nc2ccccc2)n1. The first-order valence-corrected chi connectivity index (χ1v) is 8.25. The van der Waals surface area contributed by atoms with Gasteiger partial charge in [0.15, 0.2) is 0 Å². The number of methoxy groups -OCH3 is 1. The van der Waals surface area contributed by atoms with E-state index in [1.807, 2.05) is 37.3 Å². The van der Waals surface area contributed by atoms with Crippen molar-refractivity contribution in [1.29, 1.82) is 0 Å². The van der Waals surface area contributed by atoms with Gasteiger partial charge in [-0.25, -0.2) is 9.97 Å². The molecule has 0 aliphatic carbocycles. The standard InChI is InChI=1S/C19H17ClN4O2/c1-12-10-16(17(26-2)11-14(12)20)23-18(25)15-8-9-21-19(24-15)22-13-6-4-3-5-7-13/h3-11H,1-2H3,(H,23,25)(H,21,22,24). The minimum Gasteiger partial charge on any atom is -0.495 e. The van der Waals surface area contributed by atoms with Crippen molar-refractivity contribution < 1.29 is 9.53 Å². The van der Waals surface area contributed by atoms with Crippen LogP contribution in [0.4, 0.5) is 17.3 Å². The number of amides is 1. The Bertz CT molecular complexity index is 932. The second kappa shape index (κ2) is 7.84. The van der Waals surface area contributed by atoms with Crippen molar-refractivity contribution in [2.45, 2.75) is 6.92 Å². The summed E-state index contributed by atoms with van der Waals surface area (Å²) in [4.78, 5) is 21.0. The molecule has 3 aromatic rings. The van der Waals surface area contributed by atoms with Crippen LogP contribution in [0.3, 0.4) is 0 Å². The topological polar surface area (TPSA) is 76.1 Å². The molecule has 26 heavy (non-hydrogen) atoms. The highest BCUT2D eigenvalue weighted by molar-refractivity contribution is 6.31. The predicted molar refractivity (Wildman–Crippen MR) is 102 cm³/mol. The summed E-state index contributed by atoms with van der Waals surface area (Å²) in [5.41, 5.74) is 2.42. The molecule has 1 aromatic heterocycles. The third kappa shape index (κ3) is 4.10. The molecular formula is C19H17ClN4O2. The fraction of sp³-hybridized carbons (Fsp3) is 0.105. The maximum absolute atomic E-state index is 12.6. The number of benzene rings is 2. The van der Waals surface area contributed by atoms with Gasteiger partial charge in [0.1, 0.15) is 11.4 Å². The van der Waals surface area contributed by atoms with Crippen LogP contribution in [0, 0.1) is 6.92 Å². The number of hydrogen-bond acceptors (Lipinski definition) is 5. The molecule has 132 valence electrons. The monoisotopic (exact) mass is 368 g/mol. The van der Waals surface area contributed by atoms with Crippen molar-refractivity contribution in [2.75, 3.05) is 17.7 Å². The Kier molecular flexibility index (Phi) is 5.34. The van der Waals surface area contributed by atoms with Crippen molar-refractivity contribution in [2.24, 2.45) is 0 Å². The number of aryl methyl sites for hydroxylation is 1. The number of nitrogens with zero attached hydrogens (tertiary/aromatic N) is 2. The third-order valence-electron chi connectivity index (χ3n) is 3.65. The van der Waals surface area contributed by atoms with Gasteiger partial charge < -0.3 is 15.4 Å². The molecule has 0 fully saturated rings. The number of hydrogen-bond donors (Lipinski definition) is 2. The molecule has 0 saturated heterocycles. The molecule has 0 saturated carbocycles. The van der Waals surface area contributed by atoms with E-state index in [1.54, 1.807) is 18.2 Å². The number of anilines is 3. The van der Waals surface area contributed by atoms with Crippen LogP contribution in [-0.2, 0) is 0 Å². The van der Waals surface area contributed by atoms with Crippen LogP contribution < -0.4 is 15.4 Å². The molecule has 2 aromatic carbocycles. The average molecular weight is 369 g/mol. The number of carbonyl (C=O) groups is 1. The van der Waals surface area contributed by atoms with Crippen molar-refractivity contribution in [1.82, 2.24) is 9.97 Å². The number of halogens is 1. The number of rotatable bonds is 5. The zero-order valence-corrected chi connectivity index (χ0v) is 15.0. The molecule has 2 N–H and O–H groups in total. The van der Waals surface area contributed by atoms with Gasteiger partial charge in [0.2, 0.25) is 5.95 Å². The van der Waals surface area contributed by atoms with Crippen LogP contribution in [0.2, 0.25) is 5.02 Å². The number of ether oxygens (including phenoxy) is 1. The van der Waals surface area contributed by atoms with E-state index in [4.69, 9.17) is 16.3 Å². The van der Waals surface area contributed by atoms with Crippen LogP contribution in [0.15, 0.2) is 54.7 Å². The third-order valence-corrected chi connectivity index (χ3v) is 4.05. The first kappa shape index (κ1) is 17.7. The summed E-state index contributed by atoms with van der Waals surface area (Å²) in [6.07, 6.45) is 1.53. The highest BCUT2D eigenvalue weighted by atomic mass is 35.5. The molecule has 0 radical (unpaired) electrons. The Morgan fingerprint density at radius 1 is 1.15 bits per heavy atom. The lowest BCUT2D eigenvalue weighted by Gasteiger charge is -2.12. The molecule has 7 heteroatoms. The van der Waals surface area contributed by atoms with E-state index < -0.39 is 0 Å². The maximum atomic E-state index is 12.6. The molecule has 1 heterocycles. The highest BCUT2D eigenvalue weighted by Gasteiger charge is 2.14. The van der Waals surface area contributed by atoms with Gasteiger partial charge >= 0.3 is 0 Å². The summed E-state index contributed by atoms with van der Waals surface area (Å²) in [5, 5.41) is 6.42. The Balaban J connectivity index is 1.80. The number of nitrogens with one attached hydrogen (secondary N) is 2. The normalized spacial score (nSPS) is 10.3. The van der Waals surface area contributed by atoms with E-state index in [0.29, 0.717) is 22.4 Å².